The van der Waals surface area contributed by atoms with Crippen LogP contribution in [0.4, 0.5) is 5.82 Å². The number of benzene rings is 1. The smallest absolute Gasteiger partial charge is 0.270 e. The van der Waals surface area contributed by atoms with Crippen molar-refractivity contribution in [2.45, 2.75) is 32.9 Å². The van der Waals surface area contributed by atoms with E-state index >= 15 is 0 Å². The zero-order valence-corrected chi connectivity index (χ0v) is 12.9. The van der Waals surface area contributed by atoms with Gasteiger partial charge in [0.1, 0.15) is 12.4 Å². The monoisotopic (exact) mass is 301 g/mol. The molecule has 0 spiro atoms. The minimum atomic E-state index is -0.675. The average Bonchev–Trinajstić information content (AvgIpc) is 2.87. The molecule has 1 amide bonds. The van der Waals surface area contributed by atoms with Crippen LogP contribution < -0.4 is 14.8 Å². The predicted molar refractivity (Wildman–Crippen MR) is 82.3 cm³/mol. The van der Waals surface area contributed by atoms with Crippen LogP contribution in [0, 0.1) is 6.92 Å². The number of carbonyl (C=O) groups is 1. The van der Waals surface area contributed by atoms with Gasteiger partial charge in [0, 0.05) is 12.1 Å². The molecule has 3 rings (SSSR count). The third-order valence-electron chi connectivity index (χ3n) is 3.40. The lowest BCUT2D eigenvalue weighted by Gasteiger charge is -2.25. The Kier molecular flexibility index (Phi) is 3.75. The lowest BCUT2D eigenvalue weighted by molar-refractivity contribution is -0.125. The minimum Gasteiger partial charge on any atom is -0.485 e. The van der Waals surface area contributed by atoms with Crippen molar-refractivity contribution in [3.63, 3.8) is 0 Å². The number of fused-ring (bicyclic) bond motifs is 1. The van der Waals surface area contributed by atoms with E-state index in [2.05, 4.69) is 10.4 Å². The molecule has 0 fully saturated rings. The van der Waals surface area contributed by atoms with Crippen molar-refractivity contribution < 1.29 is 14.3 Å². The van der Waals surface area contributed by atoms with E-state index in [1.54, 1.807) is 10.7 Å². The summed E-state index contributed by atoms with van der Waals surface area (Å²) >= 11 is 0. The molecule has 0 radical (unpaired) electrons. The number of aromatic nitrogens is 2. The molecular weight excluding hydrogens is 282 g/mol. The Labute approximate surface area is 129 Å². The molecule has 0 bridgehead atoms. The fourth-order valence-corrected chi connectivity index (χ4v) is 2.36. The topological polar surface area (TPSA) is 65.4 Å². The van der Waals surface area contributed by atoms with Crippen LogP contribution >= 0.6 is 0 Å². The highest BCUT2D eigenvalue weighted by molar-refractivity contribution is 5.94. The standard InChI is InChI=1S/C16H19N3O3/c1-10(2)19-15(8-11(3)18-19)17-16(20)14-9-21-12-6-4-5-7-13(12)22-14/h4-8,10,14H,9H2,1-3H3,(H,17,20). The van der Waals surface area contributed by atoms with Gasteiger partial charge in [-0.15, -0.1) is 0 Å². The van der Waals surface area contributed by atoms with Crippen LogP contribution in [0.15, 0.2) is 30.3 Å². The van der Waals surface area contributed by atoms with Gasteiger partial charge >= 0.3 is 0 Å². The first-order chi connectivity index (χ1) is 10.5. The van der Waals surface area contributed by atoms with E-state index < -0.39 is 6.10 Å². The quantitative estimate of drug-likeness (QED) is 0.946. The number of carbonyl (C=O) groups excluding carboxylic acids is 1. The fourth-order valence-electron chi connectivity index (χ4n) is 2.36. The Morgan fingerprint density at radius 2 is 2.09 bits per heavy atom. The second-order valence-corrected chi connectivity index (χ2v) is 5.56. The van der Waals surface area contributed by atoms with Crippen LogP contribution in [0.5, 0.6) is 11.5 Å². The van der Waals surface area contributed by atoms with E-state index in [0.717, 1.165) is 5.69 Å². The largest absolute Gasteiger partial charge is 0.485 e. The first-order valence-electron chi connectivity index (χ1n) is 7.30. The van der Waals surface area contributed by atoms with E-state index in [1.807, 2.05) is 45.0 Å². The number of rotatable bonds is 3. The number of hydrogen-bond acceptors (Lipinski definition) is 4. The molecule has 1 aromatic carbocycles. The van der Waals surface area contributed by atoms with Gasteiger partial charge in [0.2, 0.25) is 6.10 Å². The van der Waals surface area contributed by atoms with Crippen LogP contribution in [0.2, 0.25) is 0 Å². The number of nitrogens with one attached hydrogen (secondary N) is 1. The number of nitrogens with zero attached hydrogens (tertiary/aromatic N) is 2. The van der Waals surface area contributed by atoms with Crippen LogP contribution in [-0.4, -0.2) is 28.4 Å². The van der Waals surface area contributed by atoms with E-state index in [-0.39, 0.29) is 18.6 Å². The van der Waals surface area contributed by atoms with Crippen molar-refractivity contribution in [1.29, 1.82) is 0 Å². The van der Waals surface area contributed by atoms with Crippen LogP contribution in [0.3, 0.4) is 0 Å². The molecular formula is C16H19N3O3. The lowest BCUT2D eigenvalue weighted by atomic mass is 10.2. The number of hydrogen-bond donors (Lipinski definition) is 1. The summed E-state index contributed by atoms with van der Waals surface area (Å²) in [6.07, 6.45) is -0.675. The maximum atomic E-state index is 12.4. The van der Waals surface area contributed by atoms with Gasteiger partial charge in [0.15, 0.2) is 11.5 Å². The summed E-state index contributed by atoms with van der Waals surface area (Å²) in [5.41, 5.74) is 0.857. The molecule has 116 valence electrons. The molecule has 0 saturated carbocycles. The zero-order chi connectivity index (χ0) is 15.7. The molecule has 2 aromatic rings. The summed E-state index contributed by atoms with van der Waals surface area (Å²) in [4.78, 5) is 12.4. The third kappa shape index (κ3) is 2.77. The van der Waals surface area contributed by atoms with E-state index in [0.29, 0.717) is 17.3 Å². The molecule has 22 heavy (non-hydrogen) atoms. The Hall–Kier alpha value is -2.50. The summed E-state index contributed by atoms with van der Waals surface area (Å²) in [5, 5.41) is 7.24. The highest BCUT2D eigenvalue weighted by atomic mass is 16.6. The molecule has 1 aliphatic heterocycles. The molecule has 6 heteroatoms. The summed E-state index contributed by atoms with van der Waals surface area (Å²) in [5.74, 6) is 1.67. The number of ether oxygens (including phenoxy) is 2. The minimum absolute atomic E-state index is 0.160. The van der Waals surface area contributed by atoms with E-state index in [4.69, 9.17) is 9.47 Å². The van der Waals surface area contributed by atoms with Gasteiger partial charge in [-0.1, -0.05) is 12.1 Å². The van der Waals surface area contributed by atoms with Gasteiger partial charge in [0.25, 0.3) is 5.91 Å². The normalized spacial score (nSPS) is 16.6. The molecule has 1 N–H and O–H groups in total. The maximum absolute atomic E-state index is 12.4. The molecule has 0 aliphatic carbocycles. The number of aryl methyl sites for hydroxylation is 1. The van der Waals surface area contributed by atoms with Gasteiger partial charge in [-0.25, -0.2) is 4.68 Å². The van der Waals surface area contributed by atoms with Crippen molar-refractivity contribution in [3.8, 4) is 11.5 Å². The Morgan fingerprint density at radius 1 is 1.36 bits per heavy atom. The number of anilines is 1. The van der Waals surface area contributed by atoms with Crippen LogP contribution in [0.1, 0.15) is 25.6 Å². The summed E-state index contributed by atoms with van der Waals surface area (Å²) in [6, 6.07) is 9.33. The average molecular weight is 301 g/mol. The van der Waals surface area contributed by atoms with Crippen molar-refractivity contribution in [2.24, 2.45) is 0 Å². The highest BCUT2D eigenvalue weighted by Crippen LogP contribution is 2.31. The first-order valence-corrected chi connectivity index (χ1v) is 7.30. The first kappa shape index (κ1) is 14.4. The van der Waals surface area contributed by atoms with Crippen molar-refractivity contribution in [2.75, 3.05) is 11.9 Å². The molecule has 1 unspecified atom stereocenters. The van der Waals surface area contributed by atoms with Gasteiger partial charge in [-0.05, 0) is 32.9 Å². The van der Waals surface area contributed by atoms with Gasteiger partial charge in [-0.3, -0.25) is 4.79 Å². The van der Waals surface area contributed by atoms with Crippen molar-refractivity contribution in [3.05, 3.63) is 36.0 Å². The molecule has 0 saturated heterocycles. The Morgan fingerprint density at radius 3 is 2.82 bits per heavy atom. The van der Waals surface area contributed by atoms with Crippen LogP contribution in [-0.2, 0) is 4.79 Å². The summed E-state index contributed by atoms with van der Waals surface area (Å²) < 4.78 is 13.1. The molecule has 1 aromatic heterocycles. The van der Waals surface area contributed by atoms with E-state index in [1.165, 1.54) is 0 Å². The van der Waals surface area contributed by atoms with Crippen molar-refractivity contribution >= 4 is 11.7 Å². The summed E-state index contributed by atoms with van der Waals surface area (Å²) in [7, 11) is 0. The molecule has 2 heterocycles. The fraction of sp³-hybridized carbons (Fsp3) is 0.375. The molecule has 1 aliphatic rings. The third-order valence-corrected chi connectivity index (χ3v) is 3.40. The Balaban J connectivity index is 1.74. The number of para-hydroxylation sites is 2. The van der Waals surface area contributed by atoms with Gasteiger partial charge in [-0.2, -0.15) is 5.10 Å². The van der Waals surface area contributed by atoms with E-state index in [9.17, 15) is 4.79 Å². The number of amides is 1. The predicted octanol–water partition coefficient (Wildman–Crippen LogP) is 2.55. The van der Waals surface area contributed by atoms with Crippen LogP contribution in [0.25, 0.3) is 0 Å². The molecule has 1 atom stereocenters. The second kappa shape index (κ2) is 5.71. The SMILES string of the molecule is Cc1cc(NC(=O)C2COc3ccccc3O2)n(C(C)C)n1. The molecule has 6 nitrogen and oxygen atoms in total. The lowest BCUT2D eigenvalue weighted by Crippen LogP contribution is -2.40. The van der Waals surface area contributed by atoms with Gasteiger partial charge in [0.05, 0.1) is 5.69 Å². The summed E-state index contributed by atoms with van der Waals surface area (Å²) in [6.45, 7) is 6.11. The maximum Gasteiger partial charge on any atom is 0.270 e. The highest BCUT2D eigenvalue weighted by Gasteiger charge is 2.28. The Bertz CT molecular complexity index is 694. The van der Waals surface area contributed by atoms with Gasteiger partial charge < -0.3 is 14.8 Å². The second-order valence-electron chi connectivity index (χ2n) is 5.56. The zero-order valence-electron chi connectivity index (χ0n) is 12.9. The van der Waals surface area contributed by atoms with Crippen molar-refractivity contribution in [1.82, 2.24) is 9.78 Å².